The first-order chi connectivity index (χ1) is 21.0. The lowest BCUT2D eigenvalue weighted by Gasteiger charge is -2.28. The monoisotopic (exact) mass is 620 g/mol. The maximum absolute atomic E-state index is 11.9. The molecule has 1 atom stereocenters. The van der Waals surface area contributed by atoms with E-state index in [1.54, 1.807) is 38.4 Å². The first kappa shape index (κ1) is 43.0. The van der Waals surface area contributed by atoms with E-state index in [1.807, 2.05) is 48.5 Å². The zero-order valence-electron chi connectivity index (χ0n) is 29.3. The van der Waals surface area contributed by atoms with Gasteiger partial charge in [-0.15, -0.1) is 0 Å². The molecule has 1 aliphatic heterocycles. The predicted molar refractivity (Wildman–Crippen MR) is 183 cm³/mol. The summed E-state index contributed by atoms with van der Waals surface area (Å²) >= 11 is 0. The molecule has 3 N–H and O–H groups in total. The molecule has 0 saturated carbocycles. The fourth-order valence-electron chi connectivity index (χ4n) is 3.50. The summed E-state index contributed by atoms with van der Waals surface area (Å²) in [6.07, 6.45) is 6.32. The van der Waals surface area contributed by atoms with Crippen molar-refractivity contribution in [1.29, 1.82) is 5.41 Å². The van der Waals surface area contributed by atoms with E-state index in [9.17, 15) is 9.18 Å². The largest absolute Gasteiger partial charge is 0.379 e. The summed E-state index contributed by atoms with van der Waals surface area (Å²) in [6, 6.07) is 7.94. The van der Waals surface area contributed by atoms with E-state index in [0.29, 0.717) is 29.7 Å². The first-order valence-corrected chi connectivity index (χ1v) is 15.9. The number of hydrogen-bond acceptors (Lipinski definition) is 8. The van der Waals surface area contributed by atoms with Crippen LogP contribution in [0, 0.1) is 17.1 Å². The predicted octanol–water partition coefficient (Wildman–Crippen LogP) is 7.71. The van der Waals surface area contributed by atoms with Gasteiger partial charge in [0.1, 0.15) is 23.6 Å². The molecule has 0 spiro atoms. The van der Waals surface area contributed by atoms with E-state index < -0.39 is 0 Å². The molecule has 1 aromatic carbocycles. The average Bonchev–Trinajstić information content (AvgIpc) is 3.01. The second kappa shape index (κ2) is 26.3. The van der Waals surface area contributed by atoms with Gasteiger partial charge in [0.15, 0.2) is 5.82 Å². The standard InChI is InChI=1S/C19H32N6O2.C6H5F.C5H12O.2C2H6/c1-14(2)12-25(9-6-8-21-13-26)16-11-22-18(15(3)20)19(23-16)24-17-7-4-5-10-27-17;7-6-4-2-1-3-5-6;1-5(2,3)6-4;2*1-2/h11,13-14,17,20H,4-10,12H2,1-3H3,(H,21,26)(H,23,24);1-5H;1-4H3;2*1-2H3. The lowest BCUT2D eigenvalue weighted by molar-refractivity contribution is -0.109. The van der Waals surface area contributed by atoms with Gasteiger partial charge in [-0.3, -0.25) is 4.79 Å². The number of ether oxygens (including phenoxy) is 2. The Kier molecular flexibility index (Phi) is 25.7. The Balaban J connectivity index is 0. The smallest absolute Gasteiger partial charge is 0.207 e. The summed E-state index contributed by atoms with van der Waals surface area (Å²) in [6.45, 7) is 23.1. The van der Waals surface area contributed by atoms with Crippen molar-refractivity contribution in [2.75, 3.05) is 43.6 Å². The number of aromatic nitrogens is 2. The molecule has 1 aliphatic rings. The summed E-state index contributed by atoms with van der Waals surface area (Å²) in [7, 11) is 1.71. The number of methoxy groups -OCH3 is 1. The van der Waals surface area contributed by atoms with E-state index in [4.69, 9.17) is 19.9 Å². The van der Waals surface area contributed by atoms with Crippen molar-refractivity contribution >= 4 is 23.8 Å². The van der Waals surface area contributed by atoms with Crippen LogP contribution in [0.3, 0.4) is 0 Å². The van der Waals surface area contributed by atoms with Gasteiger partial charge < -0.3 is 30.4 Å². The van der Waals surface area contributed by atoms with E-state index >= 15 is 0 Å². The molecule has 10 heteroatoms. The molecule has 1 unspecified atom stereocenters. The number of nitrogens with zero attached hydrogens (tertiary/aromatic N) is 3. The van der Waals surface area contributed by atoms with Crippen LogP contribution in [0.1, 0.15) is 101 Å². The molecule has 1 aromatic heterocycles. The van der Waals surface area contributed by atoms with Crippen molar-refractivity contribution in [2.45, 2.75) is 107 Å². The van der Waals surface area contributed by atoms with E-state index in [1.165, 1.54) is 12.1 Å². The number of hydrogen-bond donors (Lipinski definition) is 3. The van der Waals surface area contributed by atoms with Crippen LogP contribution in [0.2, 0.25) is 0 Å². The minimum atomic E-state index is -0.178. The molecule has 9 nitrogen and oxygen atoms in total. The van der Waals surface area contributed by atoms with Crippen LogP contribution < -0.4 is 15.5 Å². The molecule has 252 valence electrons. The number of anilines is 2. The molecule has 44 heavy (non-hydrogen) atoms. The maximum atomic E-state index is 11.9. The number of amides is 1. The number of carbonyl (C=O) groups excluding carboxylic acids is 1. The number of rotatable bonds is 11. The van der Waals surface area contributed by atoms with Crippen LogP contribution in [0.15, 0.2) is 36.5 Å². The first-order valence-electron chi connectivity index (χ1n) is 15.9. The zero-order valence-corrected chi connectivity index (χ0v) is 29.3. The highest BCUT2D eigenvalue weighted by atomic mass is 19.1. The Morgan fingerprint density at radius 1 is 1.18 bits per heavy atom. The van der Waals surface area contributed by atoms with Crippen LogP contribution in [0.4, 0.5) is 16.0 Å². The van der Waals surface area contributed by atoms with Crippen LogP contribution in [-0.4, -0.2) is 67.3 Å². The number of benzene rings is 1. The van der Waals surface area contributed by atoms with Crippen molar-refractivity contribution in [1.82, 2.24) is 15.3 Å². The van der Waals surface area contributed by atoms with Crippen molar-refractivity contribution in [2.24, 2.45) is 5.92 Å². The molecule has 2 aromatic rings. The van der Waals surface area contributed by atoms with Gasteiger partial charge in [-0.2, -0.15) is 0 Å². The molecular weight excluding hydrogens is 559 g/mol. The minimum absolute atomic E-state index is 0.0417. The summed E-state index contributed by atoms with van der Waals surface area (Å²) in [5, 5.41) is 14.0. The van der Waals surface area contributed by atoms with Gasteiger partial charge in [-0.1, -0.05) is 59.7 Å². The highest BCUT2D eigenvalue weighted by Gasteiger charge is 2.19. The molecule has 0 aliphatic carbocycles. The second-order valence-corrected chi connectivity index (χ2v) is 10.9. The third kappa shape index (κ3) is 21.6. The molecule has 0 radical (unpaired) electrons. The van der Waals surface area contributed by atoms with Crippen molar-refractivity contribution in [3.8, 4) is 0 Å². The van der Waals surface area contributed by atoms with E-state index in [2.05, 4.69) is 34.4 Å². The maximum Gasteiger partial charge on any atom is 0.207 e. The van der Waals surface area contributed by atoms with Gasteiger partial charge in [0.2, 0.25) is 6.41 Å². The van der Waals surface area contributed by atoms with Gasteiger partial charge in [0, 0.05) is 33.4 Å². The summed E-state index contributed by atoms with van der Waals surface area (Å²) in [5.41, 5.74) is 0.970. The average molecular weight is 621 g/mol. The van der Waals surface area contributed by atoms with Crippen LogP contribution >= 0.6 is 0 Å². The van der Waals surface area contributed by atoms with E-state index in [0.717, 1.165) is 57.6 Å². The molecule has 1 saturated heterocycles. The molecule has 0 bridgehead atoms. The normalized spacial score (nSPS) is 13.6. The topological polar surface area (TPSA) is 112 Å². The van der Waals surface area contributed by atoms with E-state index in [-0.39, 0.29) is 17.6 Å². The Hall–Kier alpha value is -3.11. The quantitative estimate of drug-likeness (QED) is 0.134. The highest BCUT2D eigenvalue weighted by Crippen LogP contribution is 2.22. The molecule has 1 fully saturated rings. The fraction of sp³-hybridized carbons (Fsp3) is 0.647. The minimum Gasteiger partial charge on any atom is -0.379 e. The number of carbonyl (C=O) groups is 1. The molecular formula is C34H61FN6O3. The van der Waals surface area contributed by atoms with Gasteiger partial charge in [-0.25, -0.2) is 14.4 Å². The third-order valence-corrected chi connectivity index (χ3v) is 5.68. The Bertz CT molecular complexity index is 981. The summed E-state index contributed by atoms with van der Waals surface area (Å²) in [5.74, 6) is 1.67. The van der Waals surface area contributed by atoms with Gasteiger partial charge in [0.05, 0.1) is 17.5 Å². The Morgan fingerprint density at radius 3 is 2.23 bits per heavy atom. The molecule has 3 rings (SSSR count). The molecule has 1 amide bonds. The molecule has 2 heterocycles. The highest BCUT2D eigenvalue weighted by molar-refractivity contribution is 5.98. The third-order valence-electron chi connectivity index (χ3n) is 5.68. The second-order valence-electron chi connectivity index (χ2n) is 10.9. The van der Waals surface area contributed by atoms with Crippen LogP contribution in [0.25, 0.3) is 0 Å². The van der Waals surface area contributed by atoms with Gasteiger partial charge >= 0.3 is 0 Å². The Morgan fingerprint density at radius 2 is 1.80 bits per heavy atom. The van der Waals surface area contributed by atoms with Crippen molar-refractivity contribution in [3.63, 3.8) is 0 Å². The Labute approximate surface area is 267 Å². The lowest BCUT2D eigenvalue weighted by atomic mass is 10.2. The number of nitrogens with one attached hydrogen (secondary N) is 3. The SMILES string of the molecule is CC.CC.CC(=N)c1ncc(N(CCCNC=O)CC(C)C)nc1NC1CCCCO1.COC(C)(C)C.Fc1ccccc1. The van der Waals surface area contributed by atoms with Crippen LogP contribution in [0.5, 0.6) is 0 Å². The zero-order chi connectivity index (χ0) is 34.0. The summed E-state index contributed by atoms with van der Waals surface area (Å²) < 4.78 is 22.6. The summed E-state index contributed by atoms with van der Waals surface area (Å²) in [4.78, 5) is 21.9. The van der Waals surface area contributed by atoms with Gasteiger partial charge in [0.25, 0.3) is 0 Å². The lowest BCUT2D eigenvalue weighted by Crippen LogP contribution is -2.33. The van der Waals surface area contributed by atoms with Gasteiger partial charge in [-0.05, 0) is 71.4 Å². The van der Waals surface area contributed by atoms with Crippen molar-refractivity contribution in [3.05, 3.63) is 48.0 Å². The fourth-order valence-corrected chi connectivity index (χ4v) is 3.50. The number of halogens is 1. The van der Waals surface area contributed by atoms with Crippen LogP contribution in [-0.2, 0) is 14.3 Å². The van der Waals surface area contributed by atoms with Crippen molar-refractivity contribution < 1.29 is 18.7 Å².